The highest BCUT2D eigenvalue weighted by atomic mass is 16.6. The molecule has 0 bridgehead atoms. The van der Waals surface area contributed by atoms with Gasteiger partial charge in [-0.1, -0.05) is 62.4 Å². The van der Waals surface area contributed by atoms with Crippen molar-refractivity contribution in [2.45, 2.75) is 83.9 Å². The molecule has 52 heavy (non-hydrogen) atoms. The standard InChI is InChI=1S/C38H51N5O9/c1-25(2)22-33(35(46)43-32(15-14-26(44)23-41-39)36(47)52-38(3,4)5)42-34(45)16-18-49-20-21-50-19-17-40-37(48)51-24-31-29-12-8-6-10-27(29)28-11-7-9-13-30(28)31/h6-13,23,25,31-33H,14-22,24H2,1-5H3,(H,40,48)(H,42,45)(H,43,46)/t32-,33-/m0/s1. The number of alkyl carbamates (subject to hydrolysis) is 1. The van der Waals surface area contributed by atoms with E-state index in [0.29, 0.717) is 6.42 Å². The number of hydrogen-bond donors (Lipinski definition) is 3. The summed E-state index contributed by atoms with van der Waals surface area (Å²) in [7, 11) is 0. The van der Waals surface area contributed by atoms with Crippen LogP contribution in [0.2, 0.25) is 0 Å². The van der Waals surface area contributed by atoms with Crippen LogP contribution in [0.5, 0.6) is 0 Å². The zero-order chi connectivity index (χ0) is 38.1. The van der Waals surface area contributed by atoms with Gasteiger partial charge in [0.2, 0.25) is 17.6 Å². The third-order valence-corrected chi connectivity index (χ3v) is 7.95. The lowest BCUT2D eigenvalue weighted by Crippen LogP contribution is -2.53. The lowest BCUT2D eigenvalue weighted by Gasteiger charge is -2.26. The van der Waals surface area contributed by atoms with Gasteiger partial charge in [-0.25, -0.2) is 9.59 Å². The second kappa shape index (κ2) is 20.8. The van der Waals surface area contributed by atoms with Crippen LogP contribution in [0.25, 0.3) is 16.7 Å². The van der Waals surface area contributed by atoms with Gasteiger partial charge in [-0.05, 0) is 61.8 Å². The van der Waals surface area contributed by atoms with Gasteiger partial charge in [0.05, 0.1) is 26.4 Å². The molecule has 0 spiro atoms. The molecule has 0 heterocycles. The molecule has 3 rings (SSSR count). The maximum absolute atomic E-state index is 13.2. The molecule has 0 radical (unpaired) electrons. The molecule has 14 heteroatoms. The normalized spacial score (nSPS) is 13.2. The van der Waals surface area contributed by atoms with Crippen LogP contribution < -0.4 is 16.0 Å². The molecule has 0 saturated carbocycles. The zero-order valence-electron chi connectivity index (χ0n) is 30.6. The molecular formula is C38H51N5O9. The maximum Gasteiger partial charge on any atom is 0.407 e. The van der Waals surface area contributed by atoms with Crippen molar-refractivity contribution < 1.29 is 47.7 Å². The Labute approximate surface area is 304 Å². The quantitative estimate of drug-likeness (QED) is 0.0562. The topological polar surface area (TPSA) is 195 Å². The highest BCUT2D eigenvalue weighted by Gasteiger charge is 2.31. The Balaban J connectivity index is 1.33. The monoisotopic (exact) mass is 721 g/mol. The molecule has 0 fully saturated rings. The summed E-state index contributed by atoms with van der Waals surface area (Å²) in [6.07, 6.45) is 0.210. The number of nitrogens with one attached hydrogen (secondary N) is 3. The summed E-state index contributed by atoms with van der Waals surface area (Å²) >= 11 is 0. The van der Waals surface area contributed by atoms with Crippen LogP contribution in [0.4, 0.5) is 4.79 Å². The van der Waals surface area contributed by atoms with E-state index < -0.39 is 47.3 Å². The summed E-state index contributed by atoms with van der Waals surface area (Å²) in [5.74, 6) is -2.27. The molecule has 2 atom stereocenters. The Kier molecular flexibility index (Phi) is 16.6. The van der Waals surface area contributed by atoms with E-state index in [4.69, 9.17) is 24.5 Å². The SMILES string of the molecule is CC(C)C[C@H](NC(=O)CCOCCOCCNC(=O)OCC1c2ccccc2-c2ccccc21)C(=O)N[C@@H](CCC(=O)C=[N+]=[N-])C(=O)OC(C)(C)C. The summed E-state index contributed by atoms with van der Waals surface area (Å²) in [5.41, 5.74) is 12.4. The fourth-order valence-corrected chi connectivity index (χ4v) is 5.64. The zero-order valence-corrected chi connectivity index (χ0v) is 30.6. The van der Waals surface area contributed by atoms with Crippen LogP contribution in [-0.2, 0) is 38.1 Å². The summed E-state index contributed by atoms with van der Waals surface area (Å²) in [4.78, 5) is 65.6. The third-order valence-electron chi connectivity index (χ3n) is 7.95. The van der Waals surface area contributed by atoms with Gasteiger partial charge in [0.15, 0.2) is 0 Å². The molecule has 0 saturated heterocycles. The molecule has 2 aromatic carbocycles. The number of carbonyl (C=O) groups is 5. The Hall–Kier alpha value is -4.91. The van der Waals surface area contributed by atoms with Crippen LogP contribution in [0.1, 0.15) is 77.3 Å². The molecular weight excluding hydrogens is 670 g/mol. The van der Waals surface area contributed by atoms with Crippen LogP contribution in [0.15, 0.2) is 48.5 Å². The molecule has 282 valence electrons. The first kappa shape index (κ1) is 41.5. The van der Waals surface area contributed by atoms with Gasteiger partial charge in [0.25, 0.3) is 0 Å². The fraction of sp³-hybridized carbons (Fsp3) is 0.526. The highest BCUT2D eigenvalue weighted by Crippen LogP contribution is 2.44. The predicted octanol–water partition coefficient (Wildman–Crippen LogP) is 3.96. The van der Waals surface area contributed by atoms with Crippen molar-refractivity contribution in [3.05, 3.63) is 65.2 Å². The largest absolute Gasteiger partial charge is 0.458 e. The van der Waals surface area contributed by atoms with E-state index in [0.717, 1.165) is 28.5 Å². The Morgan fingerprint density at radius 1 is 0.846 bits per heavy atom. The van der Waals surface area contributed by atoms with E-state index >= 15 is 0 Å². The highest BCUT2D eigenvalue weighted by molar-refractivity contribution is 6.25. The smallest absolute Gasteiger partial charge is 0.407 e. The summed E-state index contributed by atoms with van der Waals surface area (Å²) in [6.45, 7) is 10.1. The first-order valence-electron chi connectivity index (χ1n) is 17.6. The average Bonchev–Trinajstić information content (AvgIpc) is 3.40. The fourth-order valence-electron chi connectivity index (χ4n) is 5.64. The summed E-state index contributed by atoms with van der Waals surface area (Å²) in [5, 5.41) is 8.01. The van der Waals surface area contributed by atoms with Gasteiger partial charge in [0, 0.05) is 25.3 Å². The number of rotatable bonds is 21. The number of ether oxygens (including phenoxy) is 4. The van der Waals surface area contributed by atoms with Crippen molar-refractivity contribution in [2.75, 3.05) is 39.6 Å². The maximum atomic E-state index is 13.2. The molecule has 14 nitrogen and oxygen atoms in total. The van der Waals surface area contributed by atoms with E-state index in [-0.39, 0.29) is 70.7 Å². The minimum Gasteiger partial charge on any atom is -0.458 e. The number of ketones is 1. The molecule has 3 amide bonds. The van der Waals surface area contributed by atoms with Gasteiger partial charge in [-0.15, -0.1) is 0 Å². The van der Waals surface area contributed by atoms with E-state index in [1.165, 1.54) is 0 Å². The van der Waals surface area contributed by atoms with Crippen molar-refractivity contribution in [1.82, 2.24) is 16.0 Å². The van der Waals surface area contributed by atoms with Gasteiger partial charge in [-0.2, -0.15) is 4.79 Å². The molecule has 1 aliphatic rings. The van der Waals surface area contributed by atoms with Gasteiger partial charge in [-0.3, -0.25) is 14.4 Å². The first-order valence-corrected chi connectivity index (χ1v) is 17.6. The predicted molar refractivity (Wildman–Crippen MR) is 192 cm³/mol. The van der Waals surface area contributed by atoms with Gasteiger partial charge in [0.1, 0.15) is 24.3 Å². The van der Waals surface area contributed by atoms with Crippen molar-refractivity contribution >= 4 is 35.9 Å². The van der Waals surface area contributed by atoms with Gasteiger partial charge >= 0.3 is 18.3 Å². The van der Waals surface area contributed by atoms with E-state index in [2.05, 4.69) is 45.0 Å². The number of amides is 3. The first-order chi connectivity index (χ1) is 24.8. The summed E-state index contributed by atoms with van der Waals surface area (Å²) < 4.78 is 21.9. The lowest BCUT2D eigenvalue weighted by molar-refractivity contribution is -0.159. The van der Waals surface area contributed by atoms with Crippen molar-refractivity contribution in [1.29, 1.82) is 0 Å². The minimum atomic E-state index is -1.16. The van der Waals surface area contributed by atoms with Crippen molar-refractivity contribution in [3.63, 3.8) is 0 Å². The lowest BCUT2D eigenvalue weighted by atomic mass is 9.98. The Morgan fingerprint density at radius 3 is 2.06 bits per heavy atom. The van der Waals surface area contributed by atoms with E-state index in [1.807, 2.05) is 38.1 Å². The van der Waals surface area contributed by atoms with E-state index in [9.17, 15) is 24.0 Å². The second-order valence-electron chi connectivity index (χ2n) is 13.8. The average molecular weight is 722 g/mol. The molecule has 1 aliphatic carbocycles. The van der Waals surface area contributed by atoms with Crippen LogP contribution in [0, 0.1) is 5.92 Å². The number of Topliss-reactive ketones (excluding diaryl/α,β-unsaturated/α-hetero) is 1. The summed E-state index contributed by atoms with van der Waals surface area (Å²) in [6, 6.07) is 14.1. The van der Waals surface area contributed by atoms with Crippen LogP contribution in [0.3, 0.4) is 0 Å². The Bertz CT molecular complexity index is 1540. The number of benzene rings is 2. The number of carbonyl (C=O) groups excluding carboxylic acids is 5. The second-order valence-corrected chi connectivity index (χ2v) is 13.8. The molecule has 2 aromatic rings. The Morgan fingerprint density at radius 2 is 1.46 bits per heavy atom. The minimum absolute atomic E-state index is 0.0181. The van der Waals surface area contributed by atoms with Crippen LogP contribution >= 0.6 is 0 Å². The van der Waals surface area contributed by atoms with E-state index in [1.54, 1.807) is 20.8 Å². The molecule has 0 unspecified atom stereocenters. The third kappa shape index (κ3) is 14.0. The number of fused-ring (bicyclic) bond motifs is 3. The van der Waals surface area contributed by atoms with Gasteiger partial charge < -0.3 is 40.4 Å². The van der Waals surface area contributed by atoms with Crippen LogP contribution in [-0.4, -0.2) is 97.9 Å². The molecule has 3 N–H and O–H groups in total. The molecule has 0 aromatic heterocycles. The number of nitrogens with zero attached hydrogens (tertiary/aromatic N) is 2. The number of esters is 1. The van der Waals surface area contributed by atoms with Crippen molar-refractivity contribution in [3.8, 4) is 11.1 Å². The van der Waals surface area contributed by atoms with Crippen molar-refractivity contribution in [2.24, 2.45) is 5.92 Å². The number of hydrogen-bond acceptors (Lipinski definition) is 9. The molecule has 0 aliphatic heterocycles.